The predicted octanol–water partition coefficient (Wildman–Crippen LogP) is -0.663. The van der Waals surface area contributed by atoms with Crippen molar-refractivity contribution in [3.8, 4) is 0 Å². The van der Waals surface area contributed by atoms with Crippen molar-refractivity contribution < 1.29 is 17.8 Å². The van der Waals surface area contributed by atoms with Crippen LogP contribution in [0.4, 0.5) is 0 Å². The Labute approximate surface area is 25.3 Å². The van der Waals surface area contributed by atoms with Crippen molar-refractivity contribution in [1.29, 1.82) is 0 Å². The Morgan fingerprint density at radius 1 is 1.00 bits per heavy atom. The molecule has 4 heteroatoms. The Balaban J connectivity index is 0. The third-order valence-electron chi connectivity index (χ3n) is 0. The molecule has 0 fully saturated rings. The number of hydrogen-bond donors (Lipinski definition) is 1. The second-order valence-electron chi connectivity index (χ2n) is 0. The fourth-order valence-corrected chi connectivity index (χ4v) is 0. The summed E-state index contributed by atoms with van der Waals surface area (Å²) in [5.74, 6) is 0. The molecule has 0 bridgehead atoms. The summed E-state index contributed by atoms with van der Waals surface area (Å²) in [6, 6.07) is 0. The maximum absolute atomic E-state index is 0. The van der Waals surface area contributed by atoms with Crippen molar-refractivity contribution in [2.24, 2.45) is 0 Å². The molecule has 0 aliphatic carbocycles. The molecule has 0 aromatic heterocycles. The molecule has 0 aliphatic heterocycles. The number of hydrogen-bond acceptors (Lipinski definition) is 1. The van der Waals surface area contributed by atoms with E-state index in [9.17, 15) is 0 Å². The molecule has 0 radical (unpaired) electrons. The first-order chi connectivity index (χ1) is 0. The first kappa shape index (κ1) is 409. The summed E-state index contributed by atoms with van der Waals surface area (Å²) >= 11 is 0. The zero-order valence-electron chi connectivity index (χ0n) is 2.27. The Bertz CT molecular complexity index is 8.00. The molecule has 0 unspecified atom stereocenters. The van der Waals surface area contributed by atoms with Gasteiger partial charge in [-0.05, 0) is 0 Å². The summed E-state index contributed by atoms with van der Waals surface area (Å²) in [4.78, 5) is 0. The molecule has 0 heterocycles. The first-order valence-electron chi connectivity index (χ1n) is 0. The molecule has 0 aromatic rings. The van der Waals surface area contributed by atoms with E-state index in [-0.39, 0.29) is 23.9 Å². The summed E-state index contributed by atoms with van der Waals surface area (Å²) in [7, 11) is 0. The molecule has 0 spiro atoms. The monoisotopic (exact) mass is 59.0 g/mol. The summed E-state index contributed by atoms with van der Waals surface area (Å²) in [5.41, 5.74) is 0. The molecular weight excluding hydrogens is 54.2 g/mol. The minimum absolute atomic E-state index is 0. The van der Waals surface area contributed by atoms with Crippen LogP contribution in [0.2, 0.25) is 0 Å². The molecular formula is H5HeNNeO. The van der Waals surface area contributed by atoms with Gasteiger partial charge in [-0.25, -0.2) is 0 Å². The standard InChI is InChI=1S/He.H3N.Ne.H2O/h;1H3;;1H2. The molecule has 0 saturated carbocycles. The van der Waals surface area contributed by atoms with Crippen molar-refractivity contribution in [2.45, 2.75) is 0 Å². The minimum atomic E-state index is 0. The van der Waals surface area contributed by atoms with E-state index in [4.69, 9.17) is 0 Å². The van der Waals surface area contributed by atoms with Crippen LogP contribution < -0.4 is 6.15 Å². The van der Waals surface area contributed by atoms with E-state index in [2.05, 4.69) is 0 Å². The average Bonchev–Trinajstić information content (AvgIpc) is 0. The van der Waals surface area contributed by atoms with Gasteiger partial charge in [0.25, 0.3) is 0 Å². The van der Waals surface area contributed by atoms with Gasteiger partial charge in [-0.1, -0.05) is 0 Å². The maximum Gasteiger partial charge on any atom is 0 e. The summed E-state index contributed by atoms with van der Waals surface area (Å²) in [6.45, 7) is 0. The quantitative estimate of drug-likeness (QED) is 0.395. The zero-order chi connectivity index (χ0) is 0. The molecule has 0 saturated heterocycles. The second kappa shape index (κ2) is 121. The largest absolute Gasteiger partial charge is 0.412 e. The second-order valence-corrected chi connectivity index (χ2v) is 0. The average molecular weight is 59.2 g/mol. The van der Waals surface area contributed by atoms with Crippen LogP contribution >= 0.6 is 0 Å². The van der Waals surface area contributed by atoms with Crippen molar-refractivity contribution >= 4 is 0 Å². The van der Waals surface area contributed by atoms with Gasteiger partial charge in [0.2, 0.25) is 0 Å². The van der Waals surface area contributed by atoms with Gasteiger partial charge in [-0.15, -0.1) is 0 Å². The van der Waals surface area contributed by atoms with E-state index in [1.165, 1.54) is 0 Å². The number of rotatable bonds is 0. The van der Waals surface area contributed by atoms with E-state index < -0.39 is 0 Å². The molecule has 5 N–H and O–H groups in total. The van der Waals surface area contributed by atoms with E-state index in [0.29, 0.717) is 0 Å². The van der Waals surface area contributed by atoms with E-state index in [0.717, 1.165) is 0 Å². The fraction of sp³-hybridized carbons (Fsp3) is 0. The van der Waals surface area contributed by atoms with Gasteiger partial charge in [-0.3, -0.25) is 0 Å². The van der Waals surface area contributed by atoms with Crippen molar-refractivity contribution in [2.75, 3.05) is 0 Å². The van der Waals surface area contributed by atoms with Crippen LogP contribution in [0.15, 0.2) is 0 Å². The third-order valence-corrected chi connectivity index (χ3v) is 0. The fourth-order valence-electron chi connectivity index (χ4n) is 0. The topological polar surface area (TPSA) is 66.5 Å². The normalized spacial score (nSPS) is 0. The predicted molar refractivity (Wildman–Crippen MR) is 8.64 cm³/mol. The van der Waals surface area contributed by atoms with Gasteiger partial charge in [0.1, 0.15) is 0 Å². The molecule has 0 atom stereocenters. The SMILES string of the molecule is N.O.[He].[Ne]. The van der Waals surface area contributed by atoms with Crippen molar-refractivity contribution in [1.82, 2.24) is 6.15 Å². The molecule has 0 amide bonds. The molecule has 26 valence electrons. The summed E-state index contributed by atoms with van der Waals surface area (Å²) in [5, 5.41) is 0. The molecule has 0 aliphatic rings. The van der Waals surface area contributed by atoms with Crippen LogP contribution in [-0.4, -0.2) is 5.48 Å². The van der Waals surface area contributed by atoms with Crippen LogP contribution in [0, 0.1) is 12.3 Å². The van der Waals surface area contributed by atoms with Gasteiger partial charge in [0, 0.05) is 12.3 Å². The molecule has 4 heavy (non-hydrogen) atoms. The molecule has 0 aromatic carbocycles. The first-order valence-corrected chi connectivity index (χ1v) is 0. The van der Waals surface area contributed by atoms with Gasteiger partial charge >= 0.3 is 0 Å². The van der Waals surface area contributed by atoms with E-state index >= 15 is 0 Å². The van der Waals surface area contributed by atoms with E-state index in [1.807, 2.05) is 0 Å². The summed E-state index contributed by atoms with van der Waals surface area (Å²) < 4.78 is 0. The van der Waals surface area contributed by atoms with Gasteiger partial charge in [0.05, 0.1) is 0 Å². The Kier molecular flexibility index (Phi) is 12300. The molecule has 0 rings (SSSR count). The Morgan fingerprint density at radius 3 is 1.00 bits per heavy atom. The van der Waals surface area contributed by atoms with Crippen LogP contribution in [0.1, 0.15) is 0 Å². The smallest absolute Gasteiger partial charge is 0 e. The van der Waals surface area contributed by atoms with Crippen LogP contribution in [-0.2, 0) is 0 Å². The third kappa shape index (κ3) is 13.8. The van der Waals surface area contributed by atoms with Crippen molar-refractivity contribution in [3.05, 3.63) is 0 Å². The van der Waals surface area contributed by atoms with Crippen LogP contribution in [0.3, 0.4) is 0 Å². The Morgan fingerprint density at radius 2 is 1.00 bits per heavy atom. The van der Waals surface area contributed by atoms with Gasteiger partial charge < -0.3 is 11.6 Å². The van der Waals surface area contributed by atoms with Crippen molar-refractivity contribution in [3.63, 3.8) is 0 Å². The van der Waals surface area contributed by atoms with Gasteiger partial charge in [-0.2, -0.15) is 0 Å². The Hall–Kier alpha value is -0.262. The van der Waals surface area contributed by atoms with Gasteiger partial charge in [0.15, 0.2) is 0 Å². The van der Waals surface area contributed by atoms with Crippen LogP contribution in [0.5, 0.6) is 0 Å². The summed E-state index contributed by atoms with van der Waals surface area (Å²) in [6.07, 6.45) is 0. The maximum atomic E-state index is 0. The minimum Gasteiger partial charge on any atom is -0.412 e. The zero-order valence-corrected chi connectivity index (χ0v) is 2.27. The van der Waals surface area contributed by atoms with Crippen LogP contribution in [0.25, 0.3) is 0 Å². The molecule has 2 nitrogen and oxygen atoms in total. The van der Waals surface area contributed by atoms with E-state index in [1.54, 1.807) is 0 Å².